The highest BCUT2D eigenvalue weighted by molar-refractivity contribution is 6.07. The Hall–Kier alpha value is -4.00. The van der Waals surface area contributed by atoms with E-state index >= 15 is 0 Å². The lowest BCUT2D eigenvalue weighted by Crippen LogP contribution is -2.10. The number of aromatic nitrogens is 6. The third-order valence-electron chi connectivity index (χ3n) is 5.57. The van der Waals surface area contributed by atoms with Gasteiger partial charge in [0.2, 0.25) is 0 Å². The number of H-pyrrole nitrogens is 2. The largest absolute Gasteiger partial charge is 0.292 e. The first-order chi connectivity index (χ1) is 15.2. The van der Waals surface area contributed by atoms with Gasteiger partial charge in [0.05, 0.1) is 24.0 Å². The van der Waals surface area contributed by atoms with E-state index < -0.39 is 0 Å². The number of aromatic amines is 2. The normalized spacial score (nSPS) is 12.3. The number of nitrogens with zero attached hydrogens (tertiary/aromatic N) is 4. The van der Waals surface area contributed by atoms with Crippen molar-refractivity contribution in [3.8, 4) is 11.1 Å². The topological polar surface area (TPSA) is 92.2 Å². The van der Waals surface area contributed by atoms with Gasteiger partial charge < -0.3 is 0 Å². The van der Waals surface area contributed by atoms with Crippen LogP contribution < -0.4 is 0 Å². The van der Waals surface area contributed by atoms with Crippen molar-refractivity contribution in [2.75, 3.05) is 0 Å². The van der Waals surface area contributed by atoms with Crippen molar-refractivity contribution in [3.05, 3.63) is 90.1 Å². The van der Waals surface area contributed by atoms with Crippen LogP contribution in [0.5, 0.6) is 0 Å². The van der Waals surface area contributed by atoms with Crippen LogP contribution in [0.4, 0.5) is 0 Å². The maximum Gasteiger partial charge on any atom is 0.188 e. The third kappa shape index (κ3) is 3.66. The van der Waals surface area contributed by atoms with E-state index in [1.54, 1.807) is 12.4 Å². The number of benzene rings is 2. The summed E-state index contributed by atoms with van der Waals surface area (Å²) in [5, 5.41) is 19.4. The molecule has 0 aliphatic rings. The number of fused-ring (bicyclic) bond motifs is 1. The summed E-state index contributed by atoms with van der Waals surface area (Å²) in [6.45, 7) is 2.14. The van der Waals surface area contributed by atoms with Gasteiger partial charge in [0.15, 0.2) is 5.78 Å². The summed E-state index contributed by atoms with van der Waals surface area (Å²) >= 11 is 0. The molecule has 5 rings (SSSR count). The Labute approximate surface area is 179 Å². The molecule has 3 aromatic heterocycles. The SMILES string of the molecule is CC[C@@H](c1ccccc1)n1cc(CC(=O)c2n[nH]c3cc(-c4cn[nH]c4)ccc23)cn1. The molecule has 0 fully saturated rings. The summed E-state index contributed by atoms with van der Waals surface area (Å²) in [7, 11) is 0. The van der Waals surface area contributed by atoms with Gasteiger partial charge in [-0.2, -0.15) is 15.3 Å². The smallest absolute Gasteiger partial charge is 0.188 e. The van der Waals surface area contributed by atoms with E-state index in [0.29, 0.717) is 5.69 Å². The minimum absolute atomic E-state index is 0.0328. The molecule has 0 saturated heterocycles. The quantitative estimate of drug-likeness (QED) is 0.384. The highest BCUT2D eigenvalue weighted by Gasteiger charge is 2.18. The first-order valence-corrected chi connectivity index (χ1v) is 10.3. The number of ketones is 1. The van der Waals surface area contributed by atoms with Crippen molar-refractivity contribution in [2.45, 2.75) is 25.8 Å². The number of hydrogen-bond donors (Lipinski definition) is 2. The molecule has 0 aliphatic carbocycles. The molecule has 2 N–H and O–H groups in total. The highest BCUT2D eigenvalue weighted by atomic mass is 16.1. The Kier molecular flexibility index (Phi) is 4.92. The maximum absolute atomic E-state index is 13.0. The van der Waals surface area contributed by atoms with Crippen molar-refractivity contribution >= 4 is 16.7 Å². The first kappa shape index (κ1) is 19.0. The van der Waals surface area contributed by atoms with Crippen LogP contribution in [-0.2, 0) is 6.42 Å². The van der Waals surface area contributed by atoms with Gasteiger partial charge in [0.1, 0.15) is 5.69 Å². The lowest BCUT2D eigenvalue weighted by Gasteiger charge is -2.15. The van der Waals surface area contributed by atoms with Crippen LogP contribution in [0.2, 0.25) is 0 Å². The fourth-order valence-electron chi connectivity index (χ4n) is 3.98. The molecule has 0 aliphatic heterocycles. The molecule has 0 radical (unpaired) electrons. The van der Waals surface area contributed by atoms with E-state index in [1.807, 2.05) is 53.5 Å². The van der Waals surface area contributed by atoms with Gasteiger partial charge in [-0.15, -0.1) is 0 Å². The number of Topliss-reactive ketones (excluding diaryl/α,β-unsaturated/α-hetero) is 1. The van der Waals surface area contributed by atoms with Crippen LogP contribution in [0, 0.1) is 0 Å². The summed E-state index contributed by atoms with van der Waals surface area (Å²) in [5.41, 5.74) is 5.37. The second-order valence-electron chi connectivity index (χ2n) is 7.58. The van der Waals surface area contributed by atoms with Crippen molar-refractivity contribution in [1.82, 2.24) is 30.2 Å². The van der Waals surface area contributed by atoms with Crippen LogP contribution >= 0.6 is 0 Å². The molecule has 31 heavy (non-hydrogen) atoms. The standard InChI is InChI=1S/C24H22N6O/c1-2-22(17-6-4-3-5-7-17)30-15-16(12-27-30)10-23(31)24-20-9-8-18(11-21(20)28-29-24)19-13-25-26-14-19/h3-9,11-15,22H,2,10H2,1H3,(H,25,26)(H,28,29)/t22-/m0/s1. The minimum Gasteiger partial charge on any atom is -0.292 e. The molecule has 1 atom stereocenters. The summed E-state index contributed by atoms with van der Waals surface area (Å²) in [5.74, 6) is -0.0328. The predicted octanol–water partition coefficient (Wildman–Crippen LogP) is 4.57. The third-order valence-corrected chi connectivity index (χ3v) is 5.57. The van der Waals surface area contributed by atoms with Crippen LogP contribution in [0.3, 0.4) is 0 Å². The molecule has 0 saturated carbocycles. The number of carbonyl (C=O) groups excluding carboxylic acids is 1. The number of carbonyl (C=O) groups is 1. The number of nitrogens with one attached hydrogen (secondary N) is 2. The molecular weight excluding hydrogens is 388 g/mol. The van der Waals surface area contributed by atoms with Crippen LogP contribution in [0.15, 0.2) is 73.3 Å². The Morgan fingerprint density at radius 3 is 2.74 bits per heavy atom. The van der Waals surface area contributed by atoms with Crippen molar-refractivity contribution < 1.29 is 4.79 Å². The fraction of sp³-hybridized carbons (Fsp3) is 0.167. The summed E-state index contributed by atoms with van der Waals surface area (Å²) in [6.07, 6.45) is 8.51. The zero-order chi connectivity index (χ0) is 21.2. The molecule has 5 aromatic rings. The van der Waals surface area contributed by atoms with Crippen LogP contribution in [-0.4, -0.2) is 36.0 Å². The molecule has 7 heteroatoms. The zero-order valence-corrected chi connectivity index (χ0v) is 17.1. The molecule has 3 heterocycles. The second-order valence-corrected chi connectivity index (χ2v) is 7.58. The van der Waals surface area contributed by atoms with E-state index in [4.69, 9.17) is 0 Å². The van der Waals surface area contributed by atoms with Gasteiger partial charge in [-0.3, -0.25) is 19.7 Å². The van der Waals surface area contributed by atoms with Gasteiger partial charge in [0, 0.05) is 29.8 Å². The van der Waals surface area contributed by atoms with Gasteiger partial charge in [-0.1, -0.05) is 43.3 Å². The Morgan fingerprint density at radius 2 is 1.97 bits per heavy atom. The predicted molar refractivity (Wildman–Crippen MR) is 119 cm³/mol. The zero-order valence-electron chi connectivity index (χ0n) is 17.1. The lowest BCUT2D eigenvalue weighted by atomic mass is 10.0. The van der Waals surface area contributed by atoms with E-state index in [2.05, 4.69) is 44.5 Å². The van der Waals surface area contributed by atoms with Gasteiger partial charge in [-0.05, 0) is 35.2 Å². The molecule has 0 bridgehead atoms. The van der Waals surface area contributed by atoms with Crippen LogP contribution in [0.25, 0.3) is 22.0 Å². The Morgan fingerprint density at radius 1 is 1.10 bits per heavy atom. The number of rotatable bonds is 7. The minimum atomic E-state index is -0.0328. The second kappa shape index (κ2) is 8.02. The van der Waals surface area contributed by atoms with E-state index in [0.717, 1.165) is 34.0 Å². The Bertz CT molecular complexity index is 1320. The first-order valence-electron chi connectivity index (χ1n) is 10.3. The van der Waals surface area contributed by atoms with Crippen LogP contribution in [0.1, 0.15) is 41.0 Å². The summed E-state index contributed by atoms with van der Waals surface area (Å²) in [6, 6.07) is 16.3. The number of hydrogen-bond acceptors (Lipinski definition) is 4. The van der Waals surface area contributed by atoms with Gasteiger partial charge >= 0.3 is 0 Å². The molecule has 0 amide bonds. The van der Waals surface area contributed by atoms with E-state index in [1.165, 1.54) is 5.56 Å². The highest BCUT2D eigenvalue weighted by Crippen LogP contribution is 2.25. The van der Waals surface area contributed by atoms with Gasteiger partial charge in [0.25, 0.3) is 0 Å². The molecule has 7 nitrogen and oxygen atoms in total. The average Bonchev–Trinajstić information content (AvgIpc) is 3.56. The Balaban J connectivity index is 1.36. The molecule has 2 aromatic carbocycles. The summed E-state index contributed by atoms with van der Waals surface area (Å²) < 4.78 is 1.94. The molecule has 154 valence electrons. The average molecular weight is 410 g/mol. The van der Waals surface area contributed by atoms with E-state index in [9.17, 15) is 4.79 Å². The van der Waals surface area contributed by atoms with Crippen molar-refractivity contribution in [1.29, 1.82) is 0 Å². The molecule has 0 spiro atoms. The summed E-state index contributed by atoms with van der Waals surface area (Å²) in [4.78, 5) is 13.0. The molecule has 0 unspecified atom stereocenters. The maximum atomic E-state index is 13.0. The van der Waals surface area contributed by atoms with Crippen molar-refractivity contribution in [3.63, 3.8) is 0 Å². The fourth-order valence-corrected chi connectivity index (χ4v) is 3.98. The van der Waals surface area contributed by atoms with Crippen molar-refractivity contribution in [2.24, 2.45) is 0 Å². The lowest BCUT2D eigenvalue weighted by molar-refractivity contribution is 0.0989. The van der Waals surface area contributed by atoms with E-state index in [-0.39, 0.29) is 18.2 Å². The molecular formula is C24H22N6O. The van der Waals surface area contributed by atoms with Gasteiger partial charge in [-0.25, -0.2) is 0 Å². The monoisotopic (exact) mass is 410 g/mol.